The number of ether oxygens (including phenoxy) is 2. The third kappa shape index (κ3) is 4.24. The average Bonchev–Trinajstić information content (AvgIpc) is 2.84. The van der Waals surface area contributed by atoms with Crippen molar-refractivity contribution in [1.82, 2.24) is 0 Å². The van der Waals surface area contributed by atoms with Crippen molar-refractivity contribution in [2.24, 2.45) is 5.73 Å². The minimum absolute atomic E-state index is 0. The molecule has 2 N–H and O–H groups in total. The highest BCUT2D eigenvalue weighted by molar-refractivity contribution is 5.96. The van der Waals surface area contributed by atoms with Crippen LogP contribution in [0.5, 0.6) is 11.5 Å². The maximum atomic E-state index is 12.8. The summed E-state index contributed by atoms with van der Waals surface area (Å²) in [5.74, 6) is 1.25. The fourth-order valence-electron chi connectivity index (χ4n) is 2.92. The monoisotopic (exact) mass is 362 g/mol. The van der Waals surface area contributed by atoms with Gasteiger partial charge in [0, 0.05) is 19.0 Å². The van der Waals surface area contributed by atoms with E-state index in [1.165, 1.54) is 0 Å². The van der Waals surface area contributed by atoms with Crippen LogP contribution in [0.3, 0.4) is 0 Å². The third-order valence-electron chi connectivity index (χ3n) is 4.16. The van der Waals surface area contributed by atoms with Crippen molar-refractivity contribution in [3.8, 4) is 11.5 Å². The van der Waals surface area contributed by atoms with E-state index in [0.29, 0.717) is 24.7 Å². The molecule has 1 aliphatic rings. The quantitative estimate of drug-likeness (QED) is 0.906. The molecule has 2 aromatic carbocycles. The van der Waals surface area contributed by atoms with Gasteiger partial charge in [-0.15, -0.1) is 12.4 Å². The van der Waals surface area contributed by atoms with Crippen molar-refractivity contribution < 1.29 is 14.3 Å². The van der Waals surface area contributed by atoms with E-state index in [1.807, 2.05) is 48.5 Å². The van der Waals surface area contributed by atoms with Crippen molar-refractivity contribution >= 4 is 24.0 Å². The molecular formula is C19H23ClN2O3. The number of benzene rings is 2. The van der Waals surface area contributed by atoms with Crippen LogP contribution in [0.1, 0.15) is 24.4 Å². The van der Waals surface area contributed by atoms with E-state index in [2.05, 4.69) is 0 Å². The predicted octanol–water partition coefficient (Wildman–Crippen LogP) is 3.32. The number of carbonyl (C=O) groups is 1. The molecular weight excluding hydrogens is 340 g/mol. The van der Waals surface area contributed by atoms with Crippen LogP contribution in [0.15, 0.2) is 48.5 Å². The van der Waals surface area contributed by atoms with Gasteiger partial charge in [0.2, 0.25) is 5.91 Å². The average molecular weight is 363 g/mol. The molecule has 3 rings (SSSR count). The summed E-state index contributed by atoms with van der Waals surface area (Å²) in [4.78, 5) is 14.6. The molecule has 0 saturated heterocycles. The van der Waals surface area contributed by atoms with Gasteiger partial charge in [0.1, 0.15) is 0 Å². The first-order valence-corrected chi connectivity index (χ1v) is 8.11. The van der Waals surface area contributed by atoms with E-state index in [-0.39, 0.29) is 30.8 Å². The normalized spacial score (nSPS) is 14.4. The molecule has 134 valence electrons. The van der Waals surface area contributed by atoms with Crippen LogP contribution in [-0.4, -0.2) is 26.2 Å². The van der Waals surface area contributed by atoms with Crippen molar-refractivity contribution in [2.75, 3.05) is 25.2 Å². The summed E-state index contributed by atoms with van der Waals surface area (Å²) in [6, 6.07) is 14.9. The number of nitrogens with zero attached hydrogens (tertiary/aromatic N) is 1. The Kier molecular flexibility index (Phi) is 6.67. The van der Waals surface area contributed by atoms with Gasteiger partial charge in [0.25, 0.3) is 0 Å². The maximum absolute atomic E-state index is 12.8. The number of rotatable bonds is 4. The molecule has 6 heteroatoms. The molecule has 1 aliphatic heterocycles. The molecule has 0 unspecified atom stereocenters. The molecule has 2 aromatic rings. The second kappa shape index (κ2) is 8.74. The van der Waals surface area contributed by atoms with Crippen LogP contribution in [-0.2, 0) is 4.79 Å². The standard InChI is InChI=1S/C19H22N2O3.ClH/c1-23-17-10-5-9-16-19(17)24-12-6-11-21(16)18(22)13-15(20)14-7-3-2-4-8-14;/h2-5,7-10,15H,6,11-13,20H2,1H3;1H/t15-;/m0./s1. The van der Waals surface area contributed by atoms with Crippen molar-refractivity contribution in [1.29, 1.82) is 0 Å². The highest BCUT2D eigenvalue weighted by Gasteiger charge is 2.26. The molecule has 0 radical (unpaired) electrons. The summed E-state index contributed by atoms with van der Waals surface area (Å²) in [7, 11) is 1.60. The molecule has 0 bridgehead atoms. The van der Waals surface area contributed by atoms with Crippen molar-refractivity contribution in [3.63, 3.8) is 0 Å². The van der Waals surface area contributed by atoms with E-state index in [1.54, 1.807) is 12.0 Å². The fourth-order valence-corrected chi connectivity index (χ4v) is 2.92. The molecule has 5 nitrogen and oxygen atoms in total. The largest absolute Gasteiger partial charge is 0.493 e. The van der Waals surface area contributed by atoms with Gasteiger partial charge in [0.15, 0.2) is 11.5 Å². The molecule has 0 spiro atoms. The summed E-state index contributed by atoms with van der Waals surface area (Å²) in [6.07, 6.45) is 1.02. The summed E-state index contributed by atoms with van der Waals surface area (Å²) < 4.78 is 11.1. The van der Waals surface area contributed by atoms with E-state index >= 15 is 0 Å². The number of fused-ring (bicyclic) bond motifs is 1. The summed E-state index contributed by atoms with van der Waals surface area (Å²) in [6.45, 7) is 1.17. The third-order valence-corrected chi connectivity index (χ3v) is 4.16. The number of amides is 1. The number of nitrogens with two attached hydrogens (primary N) is 1. The molecule has 25 heavy (non-hydrogen) atoms. The second-order valence-electron chi connectivity index (χ2n) is 5.78. The first-order valence-electron chi connectivity index (χ1n) is 8.11. The maximum Gasteiger partial charge on any atom is 0.229 e. The van der Waals surface area contributed by atoms with Gasteiger partial charge in [0.05, 0.1) is 19.4 Å². The Morgan fingerprint density at radius 3 is 2.72 bits per heavy atom. The number of hydrogen-bond acceptors (Lipinski definition) is 4. The van der Waals surface area contributed by atoms with Gasteiger partial charge < -0.3 is 20.1 Å². The topological polar surface area (TPSA) is 64.8 Å². The van der Waals surface area contributed by atoms with E-state index in [9.17, 15) is 4.79 Å². The molecule has 0 aromatic heterocycles. The molecule has 1 atom stereocenters. The summed E-state index contributed by atoms with van der Waals surface area (Å²) in [5.41, 5.74) is 7.92. The Bertz CT molecular complexity index is 709. The number of para-hydroxylation sites is 1. The van der Waals surface area contributed by atoms with Gasteiger partial charge in [-0.1, -0.05) is 36.4 Å². The lowest BCUT2D eigenvalue weighted by molar-refractivity contribution is -0.119. The minimum Gasteiger partial charge on any atom is -0.493 e. The molecule has 0 fully saturated rings. The number of hydrogen-bond donors (Lipinski definition) is 1. The van der Waals surface area contributed by atoms with Crippen LogP contribution in [0.25, 0.3) is 0 Å². The zero-order chi connectivity index (χ0) is 16.9. The van der Waals surface area contributed by atoms with Crippen LogP contribution < -0.4 is 20.1 Å². The molecule has 0 saturated carbocycles. The van der Waals surface area contributed by atoms with Crippen molar-refractivity contribution in [2.45, 2.75) is 18.9 Å². The van der Waals surface area contributed by atoms with E-state index in [4.69, 9.17) is 15.2 Å². The first kappa shape index (κ1) is 19.1. The zero-order valence-corrected chi connectivity index (χ0v) is 15.0. The van der Waals surface area contributed by atoms with Crippen LogP contribution in [0, 0.1) is 0 Å². The van der Waals surface area contributed by atoms with Gasteiger partial charge in [-0.05, 0) is 24.1 Å². The smallest absolute Gasteiger partial charge is 0.229 e. The lowest BCUT2D eigenvalue weighted by atomic mass is 10.0. The van der Waals surface area contributed by atoms with Gasteiger partial charge in [-0.25, -0.2) is 0 Å². The molecule has 0 aliphatic carbocycles. The Morgan fingerprint density at radius 1 is 1.24 bits per heavy atom. The molecule has 1 amide bonds. The summed E-state index contributed by atoms with van der Waals surface area (Å²) in [5, 5.41) is 0. The Hall–Kier alpha value is -2.24. The van der Waals surface area contributed by atoms with E-state index in [0.717, 1.165) is 17.7 Å². The second-order valence-corrected chi connectivity index (χ2v) is 5.78. The SMILES string of the molecule is COc1cccc2c1OCCCN2C(=O)C[C@H](N)c1ccccc1.Cl. The Labute approximate surface area is 154 Å². The van der Waals surface area contributed by atoms with E-state index < -0.39 is 0 Å². The predicted molar refractivity (Wildman–Crippen MR) is 101 cm³/mol. The number of halogens is 1. The lowest BCUT2D eigenvalue weighted by Crippen LogP contribution is -2.33. The fraction of sp³-hybridized carbons (Fsp3) is 0.316. The first-order chi connectivity index (χ1) is 11.7. The lowest BCUT2D eigenvalue weighted by Gasteiger charge is -2.24. The Balaban J connectivity index is 0.00000225. The van der Waals surface area contributed by atoms with Gasteiger partial charge in [-0.2, -0.15) is 0 Å². The zero-order valence-electron chi connectivity index (χ0n) is 14.2. The number of anilines is 1. The highest BCUT2D eigenvalue weighted by Crippen LogP contribution is 2.39. The van der Waals surface area contributed by atoms with Gasteiger partial charge in [-0.3, -0.25) is 4.79 Å². The Morgan fingerprint density at radius 2 is 2.00 bits per heavy atom. The molecule has 1 heterocycles. The highest BCUT2D eigenvalue weighted by atomic mass is 35.5. The van der Waals surface area contributed by atoms with Crippen LogP contribution >= 0.6 is 12.4 Å². The van der Waals surface area contributed by atoms with Crippen molar-refractivity contribution in [3.05, 3.63) is 54.1 Å². The summed E-state index contributed by atoms with van der Waals surface area (Å²) >= 11 is 0. The number of methoxy groups -OCH3 is 1. The minimum atomic E-state index is -0.322. The van der Waals surface area contributed by atoms with Crippen LogP contribution in [0.2, 0.25) is 0 Å². The van der Waals surface area contributed by atoms with Gasteiger partial charge >= 0.3 is 0 Å². The van der Waals surface area contributed by atoms with Crippen LogP contribution in [0.4, 0.5) is 5.69 Å². The number of carbonyl (C=O) groups excluding carboxylic acids is 1.